The number of para-hydroxylation sites is 1. The number of benzene rings is 1. The average molecular weight is 316 g/mol. The fourth-order valence-corrected chi connectivity index (χ4v) is 2.10. The van der Waals surface area contributed by atoms with E-state index in [9.17, 15) is 18.0 Å². The zero-order chi connectivity index (χ0) is 16.0. The second-order valence-electron chi connectivity index (χ2n) is 4.19. The second kappa shape index (κ2) is 7.04. The number of hydrogen-bond acceptors (Lipinski definition) is 5. The van der Waals surface area contributed by atoms with Crippen molar-refractivity contribution in [3.8, 4) is 0 Å². The molecular formula is C12H16N2O6S. The normalized spacial score (nSPS) is 12.5. The molecule has 116 valence electrons. The summed E-state index contributed by atoms with van der Waals surface area (Å²) in [7, 11) is -2.32. The van der Waals surface area contributed by atoms with Gasteiger partial charge in [0.15, 0.2) is 6.10 Å². The molecule has 0 bridgehead atoms. The molecule has 1 amide bonds. The molecule has 1 aromatic carbocycles. The quantitative estimate of drug-likeness (QED) is 0.645. The Kier molecular flexibility index (Phi) is 5.68. The summed E-state index contributed by atoms with van der Waals surface area (Å²) in [6.07, 6.45) is -0.212. The SMILES string of the molecule is COC(CNC(=O)c1ccccc1NS(C)(=O)=O)C(=O)O. The number of methoxy groups -OCH3 is 1. The Morgan fingerprint density at radius 1 is 1.33 bits per heavy atom. The Morgan fingerprint density at radius 2 is 1.95 bits per heavy atom. The monoisotopic (exact) mass is 316 g/mol. The lowest BCUT2D eigenvalue weighted by atomic mass is 10.1. The molecule has 0 fully saturated rings. The minimum atomic E-state index is -3.53. The van der Waals surface area contributed by atoms with Crippen molar-refractivity contribution in [1.29, 1.82) is 0 Å². The summed E-state index contributed by atoms with van der Waals surface area (Å²) in [5.41, 5.74) is 0.199. The maximum atomic E-state index is 12.0. The molecule has 1 atom stereocenters. The summed E-state index contributed by atoms with van der Waals surface area (Å²) >= 11 is 0. The minimum Gasteiger partial charge on any atom is -0.479 e. The maximum absolute atomic E-state index is 12.0. The lowest BCUT2D eigenvalue weighted by Crippen LogP contribution is -2.38. The van der Waals surface area contributed by atoms with Crippen molar-refractivity contribution in [2.75, 3.05) is 24.6 Å². The molecule has 3 N–H and O–H groups in total. The van der Waals surface area contributed by atoms with E-state index in [-0.39, 0.29) is 17.8 Å². The summed E-state index contributed by atoms with van der Waals surface area (Å²) in [4.78, 5) is 22.8. The molecule has 1 unspecified atom stereocenters. The highest BCUT2D eigenvalue weighted by atomic mass is 32.2. The smallest absolute Gasteiger partial charge is 0.334 e. The van der Waals surface area contributed by atoms with Gasteiger partial charge in [0, 0.05) is 7.11 Å². The van der Waals surface area contributed by atoms with Gasteiger partial charge in [0.1, 0.15) is 0 Å². The largest absolute Gasteiger partial charge is 0.479 e. The second-order valence-corrected chi connectivity index (χ2v) is 5.94. The molecule has 0 aliphatic carbocycles. The molecule has 1 rings (SSSR count). The molecule has 0 radical (unpaired) electrons. The van der Waals surface area contributed by atoms with Gasteiger partial charge in [-0.1, -0.05) is 12.1 Å². The Hall–Kier alpha value is -2.13. The standard InChI is InChI=1S/C12H16N2O6S/c1-20-10(12(16)17)7-13-11(15)8-5-3-4-6-9(8)14-21(2,18)19/h3-6,10,14H,7H2,1-2H3,(H,13,15)(H,16,17). The number of amides is 1. The van der Waals surface area contributed by atoms with E-state index in [1.807, 2.05) is 0 Å². The van der Waals surface area contributed by atoms with Crippen molar-refractivity contribution in [3.05, 3.63) is 29.8 Å². The summed E-state index contributed by atoms with van der Waals surface area (Å²) in [5.74, 6) is -1.81. The zero-order valence-electron chi connectivity index (χ0n) is 11.5. The Bertz CT molecular complexity index is 628. The van der Waals surface area contributed by atoms with Crippen LogP contribution in [0, 0.1) is 0 Å². The summed E-state index contributed by atoms with van der Waals surface area (Å²) in [6.45, 7) is -0.238. The fourth-order valence-electron chi connectivity index (χ4n) is 1.52. The molecule has 0 spiro atoms. The first-order valence-corrected chi connectivity index (χ1v) is 7.74. The molecule has 8 nitrogen and oxygen atoms in total. The third kappa shape index (κ3) is 5.40. The van der Waals surface area contributed by atoms with E-state index in [4.69, 9.17) is 5.11 Å². The summed E-state index contributed by atoms with van der Waals surface area (Å²) in [5, 5.41) is 11.2. The van der Waals surface area contributed by atoms with Crippen molar-refractivity contribution in [2.45, 2.75) is 6.10 Å². The Labute approximate surface area is 122 Å². The highest BCUT2D eigenvalue weighted by molar-refractivity contribution is 7.92. The van der Waals surface area contributed by atoms with Crippen LogP contribution in [0.25, 0.3) is 0 Å². The first-order valence-electron chi connectivity index (χ1n) is 5.85. The number of rotatable bonds is 7. The summed E-state index contributed by atoms with van der Waals surface area (Å²) in [6, 6.07) is 5.99. The summed E-state index contributed by atoms with van der Waals surface area (Å²) < 4.78 is 29.4. The van der Waals surface area contributed by atoms with Crippen LogP contribution in [0.5, 0.6) is 0 Å². The van der Waals surface area contributed by atoms with Crippen LogP contribution in [0.4, 0.5) is 5.69 Å². The van der Waals surface area contributed by atoms with E-state index in [0.717, 1.165) is 6.26 Å². The van der Waals surface area contributed by atoms with Crippen LogP contribution in [0.15, 0.2) is 24.3 Å². The topological polar surface area (TPSA) is 122 Å². The minimum absolute atomic E-state index is 0.0863. The number of carboxylic acid groups (broad SMARTS) is 1. The highest BCUT2D eigenvalue weighted by Gasteiger charge is 2.19. The molecule has 0 heterocycles. The van der Waals surface area contributed by atoms with Gasteiger partial charge in [-0.2, -0.15) is 0 Å². The number of carboxylic acids is 1. The molecular weight excluding hydrogens is 300 g/mol. The van der Waals surface area contributed by atoms with Crippen LogP contribution in [0.3, 0.4) is 0 Å². The zero-order valence-corrected chi connectivity index (χ0v) is 12.3. The van der Waals surface area contributed by atoms with Crippen molar-refractivity contribution in [2.24, 2.45) is 0 Å². The van der Waals surface area contributed by atoms with Gasteiger partial charge in [-0.05, 0) is 12.1 Å². The van der Waals surface area contributed by atoms with Crippen molar-refractivity contribution >= 4 is 27.6 Å². The number of aliphatic carboxylic acids is 1. The van der Waals surface area contributed by atoms with Crippen LogP contribution < -0.4 is 10.0 Å². The van der Waals surface area contributed by atoms with Gasteiger partial charge in [0.25, 0.3) is 5.91 Å². The highest BCUT2D eigenvalue weighted by Crippen LogP contribution is 2.16. The number of carbonyl (C=O) groups excluding carboxylic acids is 1. The number of anilines is 1. The molecule has 1 aromatic rings. The molecule has 0 aromatic heterocycles. The number of sulfonamides is 1. The number of nitrogens with one attached hydrogen (secondary N) is 2. The van der Waals surface area contributed by atoms with Crippen LogP contribution in [0.2, 0.25) is 0 Å². The van der Waals surface area contributed by atoms with E-state index in [0.29, 0.717) is 0 Å². The van der Waals surface area contributed by atoms with Gasteiger partial charge in [-0.15, -0.1) is 0 Å². The van der Waals surface area contributed by atoms with Gasteiger partial charge < -0.3 is 15.2 Å². The number of carbonyl (C=O) groups is 2. The van der Waals surface area contributed by atoms with E-state index in [2.05, 4.69) is 14.8 Å². The van der Waals surface area contributed by atoms with E-state index in [1.54, 1.807) is 12.1 Å². The van der Waals surface area contributed by atoms with Crippen LogP contribution >= 0.6 is 0 Å². The van der Waals surface area contributed by atoms with Crippen molar-refractivity contribution < 1.29 is 27.9 Å². The lowest BCUT2D eigenvalue weighted by molar-refractivity contribution is -0.148. The van der Waals surface area contributed by atoms with Crippen LogP contribution in [0.1, 0.15) is 10.4 Å². The van der Waals surface area contributed by atoms with Gasteiger partial charge in [0.2, 0.25) is 10.0 Å². The van der Waals surface area contributed by atoms with Crippen LogP contribution in [-0.2, 0) is 19.6 Å². The lowest BCUT2D eigenvalue weighted by Gasteiger charge is -2.13. The third-order valence-electron chi connectivity index (χ3n) is 2.48. The molecule has 0 saturated carbocycles. The van der Waals surface area contributed by atoms with E-state index in [1.165, 1.54) is 19.2 Å². The third-order valence-corrected chi connectivity index (χ3v) is 3.07. The number of hydrogen-bond donors (Lipinski definition) is 3. The Balaban J connectivity index is 2.86. The van der Waals surface area contributed by atoms with E-state index < -0.39 is 28.0 Å². The molecule has 9 heteroatoms. The van der Waals surface area contributed by atoms with Gasteiger partial charge >= 0.3 is 5.97 Å². The number of ether oxygens (including phenoxy) is 1. The molecule has 0 aliphatic rings. The Morgan fingerprint density at radius 3 is 2.48 bits per heavy atom. The molecule has 0 aliphatic heterocycles. The first-order chi connectivity index (χ1) is 9.74. The maximum Gasteiger partial charge on any atom is 0.334 e. The fraction of sp³-hybridized carbons (Fsp3) is 0.333. The molecule has 21 heavy (non-hydrogen) atoms. The predicted octanol–water partition coefficient (Wildman–Crippen LogP) is -0.112. The van der Waals surface area contributed by atoms with Gasteiger partial charge in [0.05, 0.1) is 24.1 Å². The predicted molar refractivity (Wildman–Crippen MR) is 75.7 cm³/mol. The molecule has 0 saturated heterocycles. The average Bonchev–Trinajstić information content (AvgIpc) is 2.37. The van der Waals surface area contributed by atoms with E-state index >= 15 is 0 Å². The van der Waals surface area contributed by atoms with Crippen molar-refractivity contribution in [3.63, 3.8) is 0 Å². The van der Waals surface area contributed by atoms with Crippen molar-refractivity contribution in [1.82, 2.24) is 5.32 Å². The van der Waals surface area contributed by atoms with Crippen LogP contribution in [-0.4, -0.2) is 51.4 Å². The van der Waals surface area contributed by atoms with Gasteiger partial charge in [-0.25, -0.2) is 13.2 Å². The first kappa shape index (κ1) is 16.9. The van der Waals surface area contributed by atoms with Gasteiger partial charge in [-0.3, -0.25) is 9.52 Å².